The van der Waals surface area contributed by atoms with Crippen LogP contribution in [0.5, 0.6) is 23.0 Å². The van der Waals surface area contributed by atoms with Gasteiger partial charge in [0.25, 0.3) is 0 Å². The summed E-state index contributed by atoms with van der Waals surface area (Å²) in [5.74, 6) is 1.91. The molecule has 0 bridgehead atoms. The van der Waals surface area contributed by atoms with E-state index in [1.807, 2.05) is 30.3 Å². The van der Waals surface area contributed by atoms with Crippen LogP contribution in [-0.2, 0) is 23.9 Å². The van der Waals surface area contributed by atoms with Crippen LogP contribution >= 0.6 is 0 Å². The average molecular weight is 502 g/mol. The van der Waals surface area contributed by atoms with Crippen molar-refractivity contribution in [2.75, 3.05) is 34.5 Å². The predicted molar refractivity (Wildman–Crippen MR) is 128 cm³/mol. The zero-order valence-electron chi connectivity index (χ0n) is 20.1. The molecule has 1 amide bonds. The molecule has 9 heteroatoms. The lowest BCUT2D eigenvalue weighted by Gasteiger charge is -2.21. The molecule has 3 aromatic carbocycles. The van der Waals surface area contributed by atoms with Crippen molar-refractivity contribution < 1.29 is 36.9 Å². The number of fused-ring (bicyclic) bond motifs is 1. The molecule has 0 N–H and O–H groups in total. The number of carbonyl (C=O) groups is 1. The summed E-state index contributed by atoms with van der Waals surface area (Å²) in [5, 5.41) is 0. The summed E-state index contributed by atoms with van der Waals surface area (Å²) >= 11 is 0. The number of methoxy groups -OCH3 is 3. The van der Waals surface area contributed by atoms with Crippen LogP contribution in [0.25, 0.3) is 11.1 Å². The minimum atomic E-state index is -4.47. The first-order valence-corrected chi connectivity index (χ1v) is 11.2. The van der Waals surface area contributed by atoms with Gasteiger partial charge in [-0.3, -0.25) is 4.79 Å². The molecule has 36 heavy (non-hydrogen) atoms. The highest BCUT2D eigenvalue weighted by atomic mass is 19.4. The third-order valence-corrected chi connectivity index (χ3v) is 6.00. The van der Waals surface area contributed by atoms with Crippen LogP contribution < -0.4 is 18.9 Å². The minimum absolute atomic E-state index is 0.156. The lowest BCUT2D eigenvalue weighted by atomic mass is 9.99. The van der Waals surface area contributed by atoms with Crippen LogP contribution in [0.3, 0.4) is 0 Å². The Labute approximate surface area is 207 Å². The van der Waals surface area contributed by atoms with Crippen molar-refractivity contribution in [3.8, 4) is 34.1 Å². The van der Waals surface area contributed by atoms with E-state index < -0.39 is 11.7 Å². The largest absolute Gasteiger partial charge is 0.496 e. The molecule has 0 atom stereocenters. The summed E-state index contributed by atoms with van der Waals surface area (Å²) in [6, 6.07) is 14.0. The Bertz CT molecular complexity index is 1240. The maximum atomic E-state index is 13.1. The first-order chi connectivity index (χ1) is 17.2. The van der Waals surface area contributed by atoms with E-state index in [-0.39, 0.29) is 32.0 Å². The number of ether oxygens (including phenoxy) is 4. The summed E-state index contributed by atoms with van der Waals surface area (Å²) < 4.78 is 61.9. The van der Waals surface area contributed by atoms with E-state index in [0.29, 0.717) is 34.1 Å². The van der Waals surface area contributed by atoms with Crippen LogP contribution in [0.15, 0.2) is 54.6 Å². The summed E-state index contributed by atoms with van der Waals surface area (Å²) in [5.41, 5.74) is 1.68. The van der Waals surface area contributed by atoms with Gasteiger partial charge in [-0.2, -0.15) is 13.2 Å². The molecule has 0 fully saturated rings. The predicted octanol–water partition coefficient (Wildman–Crippen LogP) is 5.36. The molecule has 0 unspecified atom stereocenters. The van der Waals surface area contributed by atoms with Crippen LogP contribution in [0.2, 0.25) is 0 Å². The van der Waals surface area contributed by atoms with Crippen molar-refractivity contribution in [1.82, 2.24) is 4.90 Å². The Morgan fingerprint density at radius 1 is 0.944 bits per heavy atom. The van der Waals surface area contributed by atoms with Gasteiger partial charge in [0.1, 0.15) is 18.1 Å². The number of hydrogen-bond donors (Lipinski definition) is 0. The van der Waals surface area contributed by atoms with Gasteiger partial charge < -0.3 is 23.8 Å². The fourth-order valence-corrected chi connectivity index (χ4v) is 4.27. The molecule has 0 saturated heterocycles. The van der Waals surface area contributed by atoms with Crippen molar-refractivity contribution in [1.29, 1.82) is 0 Å². The van der Waals surface area contributed by atoms with Crippen molar-refractivity contribution in [2.24, 2.45) is 0 Å². The molecule has 0 aromatic heterocycles. The van der Waals surface area contributed by atoms with Crippen LogP contribution in [0.4, 0.5) is 13.2 Å². The molecular formula is C27H26F3NO5. The van der Waals surface area contributed by atoms with Crippen molar-refractivity contribution in [3.63, 3.8) is 0 Å². The van der Waals surface area contributed by atoms with Gasteiger partial charge in [0.15, 0.2) is 11.5 Å². The smallest absolute Gasteiger partial charge is 0.416 e. The fourth-order valence-electron chi connectivity index (χ4n) is 4.27. The highest BCUT2D eigenvalue weighted by Gasteiger charge is 2.31. The Balaban J connectivity index is 1.67. The number of carbonyl (C=O) groups excluding carboxylic acids is 1. The molecular weight excluding hydrogens is 475 g/mol. The van der Waals surface area contributed by atoms with E-state index in [0.717, 1.165) is 23.3 Å². The van der Waals surface area contributed by atoms with E-state index in [9.17, 15) is 18.0 Å². The third-order valence-electron chi connectivity index (χ3n) is 6.00. The summed E-state index contributed by atoms with van der Waals surface area (Å²) in [6.07, 6.45) is -4.63. The molecule has 0 aliphatic carbocycles. The molecule has 1 heterocycles. The molecule has 0 radical (unpaired) electrons. The lowest BCUT2D eigenvalue weighted by molar-refractivity contribution is -0.138. The SMILES string of the molecule is COc1cc(-c2c(OC)cccc2OC)cc2c1OCCN(C(=O)Cc1cccc(C(F)(F)F)c1)C2. The lowest BCUT2D eigenvalue weighted by Crippen LogP contribution is -2.33. The molecule has 4 rings (SSSR count). The van der Waals surface area contributed by atoms with Gasteiger partial charge in [-0.1, -0.05) is 24.3 Å². The van der Waals surface area contributed by atoms with Crippen molar-refractivity contribution in [3.05, 3.63) is 71.3 Å². The zero-order chi connectivity index (χ0) is 25.9. The van der Waals surface area contributed by atoms with Gasteiger partial charge >= 0.3 is 6.18 Å². The zero-order valence-corrected chi connectivity index (χ0v) is 20.1. The normalized spacial score (nSPS) is 13.3. The second-order valence-corrected chi connectivity index (χ2v) is 8.24. The van der Waals surface area contributed by atoms with Crippen LogP contribution in [-0.4, -0.2) is 45.3 Å². The van der Waals surface area contributed by atoms with E-state index in [4.69, 9.17) is 18.9 Å². The standard InChI is InChI=1S/C27H26F3NO5/c1-33-21-8-5-9-22(34-2)25(21)18-14-19-16-31(10-11-36-26(19)23(15-18)35-3)24(32)13-17-6-4-7-20(12-17)27(28,29)30/h4-9,12,14-15H,10-11,13,16H2,1-3H3. The Kier molecular flexibility index (Phi) is 7.28. The van der Waals surface area contributed by atoms with Crippen molar-refractivity contribution in [2.45, 2.75) is 19.1 Å². The molecule has 190 valence electrons. The number of amides is 1. The summed E-state index contributed by atoms with van der Waals surface area (Å²) in [4.78, 5) is 14.7. The number of halogens is 3. The molecule has 1 aliphatic rings. The van der Waals surface area contributed by atoms with E-state index in [2.05, 4.69) is 0 Å². The fraction of sp³-hybridized carbons (Fsp3) is 0.296. The van der Waals surface area contributed by atoms with Gasteiger partial charge in [0, 0.05) is 12.1 Å². The van der Waals surface area contributed by atoms with Gasteiger partial charge in [-0.05, 0) is 41.5 Å². The second kappa shape index (κ2) is 10.4. The minimum Gasteiger partial charge on any atom is -0.496 e. The molecule has 3 aromatic rings. The third kappa shape index (κ3) is 5.19. The van der Waals surface area contributed by atoms with Gasteiger partial charge in [0.2, 0.25) is 5.91 Å². The number of nitrogens with zero attached hydrogens (tertiary/aromatic N) is 1. The average Bonchev–Trinajstić information content (AvgIpc) is 3.10. The number of benzene rings is 3. The maximum Gasteiger partial charge on any atom is 0.416 e. The number of hydrogen-bond acceptors (Lipinski definition) is 5. The number of rotatable bonds is 6. The summed E-state index contributed by atoms with van der Waals surface area (Å²) in [6.45, 7) is 0.701. The first kappa shape index (κ1) is 25.2. The quantitative estimate of drug-likeness (QED) is 0.455. The summed E-state index contributed by atoms with van der Waals surface area (Å²) in [7, 11) is 4.66. The van der Waals surface area contributed by atoms with Gasteiger partial charge in [-0.15, -0.1) is 0 Å². The van der Waals surface area contributed by atoms with E-state index >= 15 is 0 Å². The molecule has 0 saturated carbocycles. The van der Waals surface area contributed by atoms with E-state index in [1.54, 1.807) is 19.1 Å². The van der Waals surface area contributed by atoms with Crippen molar-refractivity contribution >= 4 is 5.91 Å². The second-order valence-electron chi connectivity index (χ2n) is 8.24. The van der Waals surface area contributed by atoms with Gasteiger partial charge in [-0.25, -0.2) is 0 Å². The number of alkyl halides is 3. The first-order valence-electron chi connectivity index (χ1n) is 11.2. The highest BCUT2D eigenvalue weighted by molar-refractivity contribution is 5.81. The van der Waals surface area contributed by atoms with Crippen LogP contribution in [0, 0.1) is 0 Å². The molecule has 6 nitrogen and oxygen atoms in total. The monoisotopic (exact) mass is 501 g/mol. The van der Waals surface area contributed by atoms with Crippen LogP contribution in [0.1, 0.15) is 16.7 Å². The molecule has 1 aliphatic heterocycles. The Morgan fingerprint density at radius 2 is 1.61 bits per heavy atom. The maximum absolute atomic E-state index is 13.1. The topological polar surface area (TPSA) is 57.2 Å². The van der Waals surface area contributed by atoms with Gasteiger partial charge in [0.05, 0.1) is 45.4 Å². The highest BCUT2D eigenvalue weighted by Crippen LogP contribution is 2.44. The Hall–Kier alpha value is -3.88. The molecule has 0 spiro atoms. The Morgan fingerprint density at radius 3 is 2.25 bits per heavy atom. The van der Waals surface area contributed by atoms with E-state index in [1.165, 1.54) is 19.2 Å².